The lowest BCUT2D eigenvalue weighted by Crippen LogP contribution is -2.52. The van der Waals surface area contributed by atoms with Crippen molar-refractivity contribution in [2.24, 2.45) is 0 Å². The van der Waals surface area contributed by atoms with E-state index in [1.54, 1.807) is 0 Å². The van der Waals surface area contributed by atoms with Crippen molar-refractivity contribution in [1.29, 1.82) is 0 Å². The third-order valence-corrected chi connectivity index (χ3v) is 4.67. The first kappa shape index (κ1) is 17.3. The average Bonchev–Trinajstić information content (AvgIpc) is 3.27. The molecule has 2 fully saturated rings. The first-order valence-corrected chi connectivity index (χ1v) is 8.86. The number of carbonyl (C=O) groups excluding carboxylic acids is 1. The standard InChI is InChI=1S/C16H27N5O3/c1-3-23-12(2)15-18-14(24-19-15)11-20-7-9-21(10-8-20)16(22)13-5-4-6-17-13/h12-13,17H,3-11H2,1-2H3. The van der Waals surface area contributed by atoms with Gasteiger partial charge in [0.2, 0.25) is 11.8 Å². The molecule has 2 aliphatic rings. The van der Waals surface area contributed by atoms with Crippen molar-refractivity contribution in [2.75, 3.05) is 39.3 Å². The van der Waals surface area contributed by atoms with Gasteiger partial charge in [-0.05, 0) is 33.2 Å². The molecule has 2 atom stereocenters. The summed E-state index contributed by atoms with van der Waals surface area (Å²) in [5.74, 6) is 1.44. The molecule has 0 radical (unpaired) electrons. The predicted octanol–water partition coefficient (Wildman–Crippen LogP) is 0.563. The summed E-state index contributed by atoms with van der Waals surface area (Å²) in [4.78, 5) is 21.0. The van der Waals surface area contributed by atoms with Gasteiger partial charge in [-0.3, -0.25) is 9.69 Å². The minimum Gasteiger partial charge on any atom is -0.371 e. The molecule has 8 nitrogen and oxygen atoms in total. The lowest BCUT2D eigenvalue weighted by molar-refractivity contribution is -0.134. The molecule has 2 unspecified atom stereocenters. The highest BCUT2D eigenvalue weighted by Crippen LogP contribution is 2.15. The Balaban J connectivity index is 1.46. The van der Waals surface area contributed by atoms with Crippen LogP contribution in [-0.2, 0) is 16.1 Å². The third kappa shape index (κ3) is 4.12. The number of carbonyl (C=O) groups is 1. The molecule has 24 heavy (non-hydrogen) atoms. The highest BCUT2D eigenvalue weighted by molar-refractivity contribution is 5.82. The molecule has 3 heterocycles. The molecule has 0 aliphatic carbocycles. The molecule has 0 bridgehead atoms. The summed E-state index contributed by atoms with van der Waals surface area (Å²) in [6, 6.07) is 0.0232. The molecular formula is C16H27N5O3. The van der Waals surface area contributed by atoms with Crippen LogP contribution in [0.2, 0.25) is 0 Å². The van der Waals surface area contributed by atoms with E-state index in [0.29, 0.717) is 24.9 Å². The fraction of sp³-hybridized carbons (Fsp3) is 0.812. The van der Waals surface area contributed by atoms with E-state index in [1.165, 1.54) is 0 Å². The fourth-order valence-electron chi connectivity index (χ4n) is 3.26. The second-order valence-corrected chi connectivity index (χ2v) is 6.39. The molecule has 134 valence electrons. The van der Waals surface area contributed by atoms with Crippen LogP contribution in [0.15, 0.2) is 4.52 Å². The van der Waals surface area contributed by atoms with Crippen LogP contribution in [0.1, 0.15) is 44.5 Å². The maximum Gasteiger partial charge on any atom is 0.240 e. The molecule has 2 aliphatic heterocycles. The number of hydrogen-bond acceptors (Lipinski definition) is 7. The van der Waals surface area contributed by atoms with Crippen molar-refractivity contribution in [1.82, 2.24) is 25.3 Å². The monoisotopic (exact) mass is 337 g/mol. The molecule has 1 aromatic heterocycles. The SMILES string of the molecule is CCOC(C)c1noc(CN2CCN(C(=O)C3CCCN3)CC2)n1. The van der Waals surface area contributed by atoms with Crippen LogP contribution in [0.5, 0.6) is 0 Å². The number of nitrogens with zero attached hydrogens (tertiary/aromatic N) is 4. The molecule has 2 saturated heterocycles. The number of nitrogens with one attached hydrogen (secondary N) is 1. The number of ether oxygens (including phenoxy) is 1. The summed E-state index contributed by atoms with van der Waals surface area (Å²) in [5.41, 5.74) is 0. The first-order chi connectivity index (χ1) is 11.7. The van der Waals surface area contributed by atoms with E-state index in [0.717, 1.165) is 45.6 Å². The van der Waals surface area contributed by atoms with Gasteiger partial charge in [0.05, 0.1) is 12.6 Å². The van der Waals surface area contributed by atoms with Gasteiger partial charge in [-0.2, -0.15) is 4.98 Å². The maximum absolute atomic E-state index is 12.4. The largest absolute Gasteiger partial charge is 0.371 e. The number of amides is 1. The van der Waals surface area contributed by atoms with Crippen LogP contribution in [-0.4, -0.2) is 71.2 Å². The molecule has 0 saturated carbocycles. The quantitative estimate of drug-likeness (QED) is 0.812. The summed E-state index contributed by atoms with van der Waals surface area (Å²) < 4.78 is 10.8. The lowest BCUT2D eigenvalue weighted by atomic mass is 10.2. The normalized spacial score (nSPS) is 23.6. The summed E-state index contributed by atoms with van der Waals surface area (Å²) in [6.07, 6.45) is 1.90. The summed E-state index contributed by atoms with van der Waals surface area (Å²) in [7, 11) is 0. The zero-order valence-corrected chi connectivity index (χ0v) is 14.5. The second kappa shape index (κ2) is 8.04. The highest BCUT2D eigenvalue weighted by Gasteiger charge is 2.29. The Morgan fingerprint density at radius 1 is 1.42 bits per heavy atom. The van der Waals surface area contributed by atoms with E-state index in [-0.39, 0.29) is 18.1 Å². The van der Waals surface area contributed by atoms with Gasteiger partial charge >= 0.3 is 0 Å². The Morgan fingerprint density at radius 3 is 2.88 bits per heavy atom. The van der Waals surface area contributed by atoms with Crippen LogP contribution in [0, 0.1) is 0 Å². The first-order valence-electron chi connectivity index (χ1n) is 8.86. The summed E-state index contributed by atoms with van der Waals surface area (Å²) in [6.45, 7) is 9.23. The Hall–Kier alpha value is -1.51. The number of piperazine rings is 1. The van der Waals surface area contributed by atoms with Gasteiger partial charge < -0.3 is 19.5 Å². The van der Waals surface area contributed by atoms with E-state index in [4.69, 9.17) is 9.26 Å². The van der Waals surface area contributed by atoms with E-state index < -0.39 is 0 Å². The number of aromatic nitrogens is 2. The van der Waals surface area contributed by atoms with Gasteiger partial charge in [0.1, 0.15) is 6.10 Å². The van der Waals surface area contributed by atoms with Crippen LogP contribution in [0.25, 0.3) is 0 Å². The smallest absolute Gasteiger partial charge is 0.240 e. The van der Waals surface area contributed by atoms with Crippen molar-refractivity contribution >= 4 is 5.91 Å². The Labute approximate surface area is 142 Å². The van der Waals surface area contributed by atoms with Gasteiger partial charge in [0.15, 0.2) is 5.82 Å². The zero-order chi connectivity index (χ0) is 16.9. The molecule has 8 heteroatoms. The average molecular weight is 337 g/mol. The van der Waals surface area contributed by atoms with Crippen molar-refractivity contribution < 1.29 is 14.1 Å². The number of hydrogen-bond donors (Lipinski definition) is 1. The molecule has 3 rings (SSSR count). The fourth-order valence-corrected chi connectivity index (χ4v) is 3.26. The van der Waals surface area contributed by atoms with Gasteiger partial charge in [0, 0.05) is 32.8 Å². The third-order valence-electron chi connectivity index (χ3n) is 4.67. The van der Waals surface area contributed by atoms with E-state index in [1.807, 2.05) is 18.7 Å². The minimum atomic E-state index is -0.152. The van der Waals surface area contributed by atoms with Gasteiger partial charge in [-0.25, -0.2) is 0 Å². The molecule has 1 aromatic rings. The van der Waals surface area contributed by atoms with Gasteiger partial charge in [0.25, 0.3) is 0 Å². The van der Waals surface area contributed by atoms with Crippen molar-refractivity contribution in [3.8, 4) is 0 Å². The van der Waals surface area contributed by atoms with Crippen LogP contribution in [0.3, 0.4) is 0 Å². The predicted molar refractivity (Wildman–Crippen MR) is 87.2 cm³/mol. The Morgan fingerprint density at radius 2 is 2.21 bits per heavy atom. The molecule has 1 amide bonds. The van der Waals surface area contributed by atoms with Crippen LogP contribution in [0.4, 0.5) is 0 Å². The van der Waals surface area contributed by atoms with Gasteiger partial charge in [-0.1, -0.05) is 5.16 Å². The van der Waals surface area contributed by atoms with Crippen LogP contribution >= 0.6 is 0 Å². The summed E-state index contributed by atoms with van der Waals surface area (Å²) in [5, 5.41) is 7.26. The van der Waals surface area contributed by atoms with Crippen molar-refractivity contribution in [3.05, 3.63) is 11.7 Å². The molecule has 0 aromatic carbocycles. The summed E-state index contributed by atoms with van der Waals surface area (Å²) >= 11 is 0. The zero-order valence-electron chi connectivity index (χ0n) is 14.5. The van der Waals surface area contributed by atoms with Crippen molar-refractivity contribution in [2.45, 2.75) is 45.4 Å². The molecular weight excluding hydrogens is 310 g/mol. The lowest BCUT2D eigenvalue weighted by Gasteiger charge is -2.35. The Kier molecular flexibility index (Phi) is 5.80. The maximum atomic E-state index is 12.4. The molecule has 0 spiro atoms. The number of rotatable bonds is 6. The van der Waals surface area contributed by atoms with Crippen molar-refractivity contribution in [3.63, 3.8) is 0 Å². The van der Waals surface area contributed by atoms with E-state index in [2.05, 4.69) is 20.4 Å². The topological polar surface area (TPSA) is 83.7 Å². The molecule has 1 N–H and O–H groups in total. The minimum absolute atomic E-state index is 0.0232. The second-order valence-electron chi connectivity index (χ2n) is 6.39. The van der Waals surface area contributed by atoms with E-state index in [9.17, 15) is 4.79 Å². The van der Waals surface area contributed by atoms with Crippen LogP contribution < -0.4 is 5.32 Å². The highest BCUT2D eigenvalue weighted by atomic mass is 16.5. The van der Waals surface area contributed by atoms with E-state index >= 15 is 0 Å². The Bertz CT molecular complexity index is 536. The van der Waals surface area contributed by atoms with Gasteiger partial charge in [-0.15, -0.1) is 0 Å².